The van der Waals surface area contributed by atoms with Crippen LogP contribution in [0.1, 0.15) is 32.6 Å². The predicted octanol–water partition coefficient (Wildman–Crippen LogP) is 2.65. The number of anilines is 2. The van der Waals surface area contributed by atoms with Crippen molar-refractivity contribution in [3.05, 3.63) is 39.0 Å². The summed E-state index contributed by atoms with van der Waals surface area (Å²) >= 11 is 0. The van der Waals surface area contributed by atoms with Gasteiger partial charge in [-0.15, -0.1) is 0 Å². The molecule has 0 bridgehead atoms. The van der Waals surface area contributed by atoms with E-state index in [1.807, 2.05) is 27.7 Å². The first kappa shape index (κ1) is 21.0. The minimum absolute atomic E-state index is 0.271. The lowest BCUT2D eigenvalue weighted by Gasteiger charge is -2.19. The van der Waals surface area contributed by atoms with Crippen molar-refractivity contribution in [3.63, 3.8) is 0 Å². The second-order valence-electron chi connectivity index (χ2n) is 7.78. The lowest BCUT2D eigenvalue weighted by Crippen LogP contribution is -2.39. The van der Waals surface area contributed by atoms with E-state index in [2.05, 4.69) is 6.92 Å². The average Bonchev–Trinajstić information content (AvgIpc) is 3.36. The van der Waals surface area contributed by atoms with E-state index in [-0.39, 0.29) is 11.2 Å². The Balaban J connectivity index is 1.82. The number of aromatic nitrogens is 4. The molecule has 9 nitrogen and oxygen atoms in total. The van der Waals surface area contributed by atoms with E-state index in [1.54, 1.807) is 21.3 Å². The molecule has 31 heavy (non-hydrogen) atoms. The summed E-state index contributed by atoms with van der Waals surface area (Å²) in [5.74, 6) is 2.01. The van der Waals surface area contributed by atoms with Crippen LogP contribution in [-0.2, 0) is 20.1 Å². The fourth-order valence-corrected chi connectivity index (χ4v) is 4.21. The normalized spacial score (nSPS) is 13.1. The number of nitrogens with zero attached hydrogens (tertiary/aromatic N) is 5. The first-order valence-electron chi connectivity index (χ1n) is 10.7. The fraction of sp³-hybridized carbons (Fsp3) is 0.500. The zero-order valence-electron chi connectivity index (χ0n) is 18.6. The highest BCUT2D eigenvalue weighted by Gasteiger charge is 2.30. The molecule has 166 valence electrons. The molecule has 1 aromatic carbocycles. The Labute approximate surface area is 180 Å². The summed E-state index contributed by atoms with van der Waals surface area (Å²) in [5, 5.41) is 0. The third kappa shape index (κ3) is 3.47. The zero-order chi connectivity index (χ0) is 22.1. The van der Waals surface area contributed by atoms with Gasteiger partial charge in [-0.3, -0.25) is 13.9 Å². The Morgan fingerprint density at radius 3 is 2.58 bits per heavy atom. The number of aryl methyl sites for hydroxylation is 1. The van der Waals surface area contributed by atoms with Crippen LogP contribution in [0.25, 0.3) is 11.2 Å². The quantitative estimate of drug-likeness (QED) is 0.514. The van der Waals surface area contributed by atoms with Crippen LogP contribution in [0.5, 0.6) is 11.5 Å². The molecule has 3 heterocycles. The number of hydrogen-bond acceptors (Lipinski definition) is 6. The smallest absolute Gasteiger partial charge is 0.332 e. The molecular weight excluding hydrogens is 398 g/mol. The highest BCUT2D eigenvalue weighted by atomic mass is 16.5. The Morgan fingerprint density at radius 2 is 1.87 bits per heavy atom. The van der Waals surface area contributed by atoms with E-state index in [9.17, 15) is 9.59 Å². The average molecular weight is 428 g/mol. The molecule has 1 aliphatic heterocycles. The molecule has 4 rings (SSSR count). The van der Waals surface area contributed by atoms with Gasteiger partial charge in [-0.25, -0.2) is 4.79 Å². The maximum absolute atomic E-state index is 13.3. The minimum atomic E-state index is -0.323. The van der Waals surface area contributed by atoms with Gasteiger partial charge in [-0.05, 0) is 18.6 Å². The van der Waals surface area contributed by atoms with Gasteiger partial charge in [0.05, 0.1) is 19.9 Å². The van der Waals surface area contributed by atoms with Crippen molar-refractivity contribution in [3.8, 4) is 11.5 Å². The van der Waals surface area contributed by atoms with E-state index in [0.717, 1.165) is 31.4 Å². The summed E-state index contributed by atoms with van der Waals surface area (Å²) in [6.45, 7) is 3.79. The molecule has 2 aromatic heterocycles. The van der Waals surface area contributed by atoms with Gasteiger partial charge in [-0.1, -0.05) is 26.2 Å². The summed E-state index contributed by atoms with van der Waals surface area (Å²) in [5.41, 5.74) is 1.09. The molecule has 3 aromatic rings. The molecule has 0 amide bonds. The first-order valence-corrected chi connectivity index (χ1v) is 10.7. The van der Waals surface area contributed by atoms with Gasteiger partial charge in [0.1, 0.15) is 11.5 Å². The van der Waals surface area contributed by atoms with Gasteiger partial charge < -0.3 is 18.9 Å². The van der Waals surface area contributed by atoms with Crippen LogP contribution in [0.4, 0.5) is 11.6 Å². The van der Waals surface area contributed by atoms with Crippen LogP contribution in [-0.4, -0.2) is 39.4 Å². The van der Waals surface area contributed by atoms with Gasteiger partial charge in [-0.2, -0.15) is 4.98 Å². The van der Waals surface area contributed by atoms with E-state index >= 15 is 0 Å². The minimum Gasteiger partial charge on any atom is -0.497 e. The van der Waals surface area contributed by atoms with E-state index < -0.39 is 0 Å². The first-order chi connectivity index (χ1) is 15.0. The molecule has 0 saturated heterocycles. The van der Waals surface area contributed by atoms with Gasteiger partial charge in [0.15, 0.2) is 11.2 Å². The number of imidazole rings is 1. The Hall–Kier alpha value is -3.23. The molecule has 0 aliphatic carbocycles. The second-order valence-corrected chi connectivity index (χ2v) is 7.78. The maximum atomic E-state index is 13.3. The molecule has 0 fully saturated rings. The van der Waals surface area contributed by atoms with Crippen LogP contribution in [0.3, 0.4) is 0 Å². The second kappa shape index (κ2) is 8.49. The van der Waals surface area contributed by atoms with Crippen LogP contribution in [0.15, 0.2) is 27.8 Å². The van der Waals surface area contributed by atoms with Crippen LogP contribution in [0, 0.1) is 0 Å². The number of unbranched alkanes of at least 4 members (excludes halogenated alkanes) is 3. The van der Waals surface area contributed by atoms with Crippen molar-refractivity contribution in [2.45, 2.75) is 45.7 Å². The Bertz CT molecular complexity index is 1220. The fourth-order valence-electron chi connectivity index (χ4n) is 4.21. The summed E-state index contributed by atoms with van der Waals surface area (Å²) in [6.07, 6.45) is 4.00. The summed E-state index contributed by atoms with van der Waals surface area (Å²) in [7, 11) is 4.90. The summed E-state index contributed by atoms with van der Waals surface area (Å²) in [6, 6.07) is 5.57. The number of methoxy groups -OCH3 is 2. The van der Waals surface area contributed by atoms with Gasteiger partial charge in [0.25, 0.3) is 5.56 Å². The molecule has 0 atom stereocenters. The molecule has 0 spiro atoms. The van der Waals surface area contributed by atoms with Crippen LogP contribution < -0.4 is 25.6 Å². The summed E-state index contributed by atoms with van der Waals surface area (Å²) in [4.78, 5) is 32.8. The lowest BCUT2D eigenvalue weighted by atomic mass is 10.2. The highest BCUT2D eigenvalue weighted by molar-refractivity contribution is 5.79. The Morgan fingerprint density at radius 1 is 1.06 bits per heavy atom. The lowest BCUT2D eigenvalue weighted by molar-refractivity contribution is 0.403. The van der Waals surface area contributed by atoms with E-state index in [1.165, 1.54) is 9.13 Å². The molecule has 0 saturated carbocycles. The van der Waals surface area contributed by atoms with Crippen molar-refractivity contribution in [1.29, 1.82) is 0 Å². The molecular formula is C22H29N5O4. The van der Waals surface area contributed by atoms with Gasteiger partial charge >= 0.3 is 5.69 Å². The molecule has 9 heteroatoms. The van der Waals surface area contributed by atoms with Gasteiger partial charge in [0, 0.05) is 32.7 Å². The van der Waals surface area contributed by atoms with Crippen molar-refractivity contribution in [2.24, 2.45) is 7.05 Å². The van der Waals surface area contributed by atoms with Crippen molar-refractivity contribution >= 4 is 22.8 Å². The highest BCUT2D eigenvalue weighted by Crippen LogP contribution is 2.39. The van der Waals surface area contributed by atoms with Crippen molar-refractivity contribution in [1.82, 2.24) is 18.7 Å². The van der Waals surface area contributed by atoms with Crippen molar-refractivity contribution < 1.29 is 9.47 Å². The van der Waals surface area contributed by atoms with Gasteiger partial charge in [0.2, 0.25) is 5.95 Å². The Kier molecular flexibility index (Phi) is 5.75. The third-order valence-electron chi connectivity index (χ3n) is 5.91. The number of hydrogen-bond donors (Lipinski definition) is 0. The largest absolute Gasteiger partial charge is 0.497 e. The summed E-state index contributed by atoms with van der Waals surface area (Å²) < 4.78 is 15.6. The molecule has 0 unspecified atom stereocenters. The predicted molar refractivity (Wildman–Crippen MR) is 120 cm³/mol. The standard InChI is InChI=1S/C22H29N5O4/c1-5-6-7-8-11-27-20(28)18-19(24(2)22(27)29)23-21-25(12-13-26(18)21)16-14-15(30-3)9-10-17(16)31-4/h9-10,14H,5-8,11-13H2,1-4H3. The number of rotatable bonds is 8. The molecule has 0 radical (unpaired) electrons. The number of fused-ring (bicyclic) bond motifs is 3. The third-order valence-corrected chi connectivity index (χ3v) is 5.91. The van der Waals surface area contributed by atoms with E-state index in [4.69, 9.17) is 14.5 Å². The van der Waals surface area contributed by atoms with E-state index in [0.29, 0.717) is 48.2 Å². The SMILES string of the molecule is CCCCCCn1c(=O)c2c(nc3n2CCN3c2cc(OC)ccc2OC)n(C)c1=O. The molecule has 0 N–H and O–H groups in total. The monoisotopic (exact) mass is 427 g/mol. The number of benzene rings is 1. The van der Waals surface area contributed by atoms with Crippen LogP contribution in [0.2, 0.25) is 0 Å². The van der Waals surface area contributed by atoms with Crippen LogP contribution >= 0.6 is 0 Å². The topological polar surface area (TPSA) is 83.5 Å². The molecule has 1 aliphatic rings. The van der Waals surface area contributed by atoms with Crippen molar-refractivity contribution in [2.75, 3.05) is 25.7 Å². The maximum Gasteiger partial charge on any atom is 0.332 e. The number of ether oxygens (including phenoxy) is 2. The zero-order valence-corrected chi connectivity index (χ0v) is 18.6.